The van der Waals surface area contributed by atoms with Gasteiger partial charge in [-0.05, 0) is 41.8 Å². The highest BCUT2D eigenvalue weighted by atomic mass is 16.5. The zero-order valence-corrected chi connectivity index (χ0v) is 13.1. The Morgan fingerprint density at radius 1 is 1.18 bits per heavy atom. The molecular weight excluding hydrogens is 278 g/mol. The molecule has 2 rings (SSSR count). The maximum absolute atomic E-state index is 11.7. The van der Waals surface area contributed by atoms with Crippen LogP contribution in [0.25, 0.3) is 0 Å². The van der Waals surface area contributed by atoms with E-state index in [4.69, 9.17) is 4.74 Å². The highest BCUT2D eigenvalue weighted by Crippen LogP contribution is 2.26. The third-order valence-corrected chi connectivity index (χ3v) is 3.66. The predicted octanol–water partition coefficient (Wildman–Crippen LogP) is 3.17. The molecule has 1 atom stereocenters. The Hall–Kier alpha value is -2.49. The van der Waals surface area contributed by atoms with Crippen LogP contribution in [0.15, 0.2) is 48.5 Å². The molecule has 22 heavy (non-hydrogen) atoms. The van der Waals surface area contributed by atoms with Crippen LogP contribution in [0, 0.1) is 0 Å². The number of ether oxygens (including phenoxy) is 1. The maximum atomic E-state index is 11.7. The summed E-state index contributed by atoms with van der Waals surface area (Å²) >= 11 is 0. The number of carboxylic acid groups (broad SMARTS) is 1. The minimum Gasteiger partial charge on any atom is -0.497 e. The summed E-state index contributed by atoms with van der Waals surface area (Å²) < 4.78 is 5.20. The molecule has 0 aliphatic rings. The Morgan fingerprint density at radius 3 is 2.55 bits per heavy atom. The number of carboxylic acids is 1. The van der Waals surface area contributed by atoms with Crippen LogP contribution in [0.2, 0.25) is 0 Å². The van der Waals surface area contributed by atoms with Gasteiger partial charge < -0.3 is 14.7 Å². The lowest BCUT2D eigenvalue weighted by Crippen LogP contribution is -2.16. The first-order valence-electron chi connectivity index (χ1n) is 7.14. The van der Waals surface area contributed by atoms with Crippen molar-refractivity contribution in [1.29, 1.82) is 0 Å². The van der Waals surface area contributed by atoms with E-state index >= 15 is 0 Å². The molecule has 0 aliphatic heterocycles. The van der Waals surface area contributed by atoms with Gasteiger partial charge >= 0.3 is 5.97 Å². The molecule has 0 amide bonds. The van der Waals surface area contributed by atoms with Crippen LogP contribution in [0.5, 0.6) is 5.75 Å². The number of nitrogens with zero attached hydrogens (tertiary/aromatic N) is 1. The van der Waals surface area contributed by atoms with Crippen LogP contribution in [0.3, 0.4) is 0 Å². The highest BCUT2D eigenvalue weighted by Gasteiger charge is 2.21. The second kappa shape index (κ2) is 6.98. The molecule has 0 aromatic heterocycles. The van der Waals surface area contributed by atoms with E-state index in [1.807, 2.05) is 67.5 Å². The SMILES string of the molecule is COc1cccc(CC(C(=O)O)c2cccc(N(C)C)c2)c1. The average molecular weight is 299 g/mol. The molecule has 1 N–H and O–H groups in total. The summed E-state index contributed by atoms with van der Waals surface area (Å²) in [5, 5.41) is 9.60. The van der Waals surface area contributed by atoms with Crippen LogP contribution in [-0.2, 0) is 11.2 Å². The smallest absolute Gasteiger partial charge is 0.311 e. The van der Waals surface area contributed by atoms with Gasteiger partial charge in [0.2, 0.25) is 0 Å². The van der Waals surface area contributed by atoms with Crippen LogP contribution < -0.4 is 9.64 Å². The van der Waals surface area contributed by atoms with E-state index < -0.39 is 11.9 Å². The summed E-state index contributed by atoms with van der Waals surface area (Å²) in [6, 6.07) is 15.2. The summed E-state index contributed by atoms with van der Waals surface area (Å²) in [7, 11) is 5.49. The van der Waals surface area contributed by atoms with E-state index in [1.165, 1.54) is 0 Å². The molecule has 0 spiro atoms. The number of aliphatic carboxylic acids is 1. The van der Waals surface area contributed by atoms with E-state index in [1.54, 1.807) is 7.11 Å². The second-order valence-corrected chi connectivity index (χ2v) is 5.44. The monoisotopic (exact) mass is 299 g/mol. The standard InChI is InChI=1S/C18H21NO3/c1-19(2)15-8-5-7-14(12-15)17(18(20)21)11-13-6-4-9-16(10-13)22-3/h4-10,12,17H,11H2,1-3H3,(H,20,21). The Balaban J connectivity index is 2.30. The molecular formula is C18H21NO3. The second-order valence-electron chi connectivity index (χ2n) is 5.44. The van der Waals surface area contributed by atoms with E-state index in [2.05, 4.69) is 0 Å². The zero-order chi connectivity index (χ0) is 16.1. The van der Waals surface area contributed by atoms with Gasteiger partial charge in [0.1, 0.15) is 5.75 Å². The van der Waals surface area contributed by atoms with Gasteiger partial charge in [-0.1, -0.05) is 24.3 Å². The number of carbonyl (C=O) groups is 1. The number of rotatable bonds is 6. The molecule has 0 radical (unpaired) electrons. The van der Waals surface area contributed by atoms with Gasteiger partial charge in [0.15, 0.2) is 0 Å². The molecule has 0 saturated carbocycles. The van der Waals surface area contributed by atoms with Gasteiger partial charge in [-0.2, -0.15) is 0 Å². The van der Waals surface area contributed by atoms with E-state index in [0.29, 0.717) is 6.42 Å². The van der Waals surface area contributed by atoms with Crippen molar-refractivity contribution in [2.45, 2.75) is 12.3 Å². The molecule has 0 bridgehead atoms. The van der Waals surface area contributed by atoms with Gasteiger partial charge in [-0.15, -0.1) is 0 Å². The maximum Gasteiger partial charge on any atom is 0.311 e. The van der Waals surface area contributed by atoms with Crippen LogP contribution in [0.1, 0.15) is 17.0 Å². The lowest BCUT2D eigenvalue weighted by Gasteiger charge is -2.17. The van der Waals surface area contributed by atoms with Crippen LogP contribution in [-0.4, -0.2) is 32.3 Å². The molecule has 2 aromatic rings. The number of methoxy groups -OCH3 is 1. The van der Waals surface area contributed by atoms with Crippen molar-refractivity contribution < 1.29 is 14.6 Å². The lowest BCUT2D eigenvalue weighted by atomic mass is 9.91. The quantitative estimate of drug-likeness (QED) is 0.890. The van der Waals surface area contributed by atoms with Crippen molar-refractivity contribution >= 4 is 11.7 Å². The largest absolute Gasteiger partial charge is 0.497 e. The highest BCUT2D eigenvalue weighted by molar-refractivity contribution is 5.77. The van der Waals surface area contributed by atoms with Gasteiger partial charge in [0.05, 0.1) is 13.0 Å². The van der Waals surface area contributed by atoms with Gasteiger partial charge in [-0.3, -0.25) is 4.79 Å². The first-order chi connectivity index (χ1) is 10.5. The molecule has 0 aliphatic carbocycles. The average Bonchev–Trinajstić information content (AvgIpc) is 2.52. The van der Waals surface area contributed by atoms with Gasteiger partial charge in [0, 0.05) is 19.8 Å². The number of anilines is 1. The van der Waals surface area contributed by atoms with Crippen molar-refractivity contribution in [3.63, 3.8) is 0 Å². The molecule has 0 heterocycles. The predicted molar refractivity (Wildman–Crippen MR) is 87.8 cm³/mol. The van der Waals surface area contributed by atoms with Crippen molar-refractivity contribution in [3.05, 3.63) is 59.7 Å². The fourth-order valence-electron chi connectivity index (χ4n) is 2.40. The summed E-state index contributed by atoms with van der Waals surface area (Å²) in [6.45, 7) is 0. The van der Waals surface area contributed by atoms with E-state index in [0.717, 1.165) is 22.6 Å². The number of hydrogen-bond donors (Lipinski definition) is 1. The van der Waals surface area contributed by atoms with Crippen molar-refractivity contribution in [2.75, 3.05) is 26.1 Å². The number of benzene rings is 2. The van der Waals surface area contributed by atoms with Crippen molar-refractivity contribution in [3.8, 4) is 5.75 Å². The molecule has 4 heteroatoms. The molecule has 0 fully saturated rings. The summed E-state index contributed by atoms with van der Waals surface area (Å²) in [5.41, 5.74) is 2.75. The van der Waals surface area contributed by atoms with E-state index in [-0.39, 0.29) is 0 Å². The normalized spacial score (nSPS) is 11.8. The Labute approximate surface area is 131 Å². The Kier molecular flexibility index (Phi) is 5.04. The summed E-state index contributed by atoms with van der Waals surface area (Å²) in [4.78, 5) is 13.7. The summed E-state index contributed by atoms with van der Waals surface area (Å²) in [5.74, 6) is -0.658. The van der Waals surface area contributed by atoms with Crippen LogP contribution in [0.4, 0.5) is 5.69 Å². The number of hydrogen-bond acceptors (Lipinski definition) is 3. The lowest BCUT2D eigenvalue weighted by molar-refractivity contribution is -0.138. The first-order valence-corrected chi connectivity index (χ1v) is 7.14. The fourth-order valence-corrected chi connectivity index (χ4v) is 2.40. The molecule has 2 aromatic carbocycles. The topological polar surface area (TPSA) is 49.8 Å². The Morgan fingerprint density at radius 2 is 1.91 bits per heavy atom. The minimum absolute atomic E-state index is 0.434. The summed E-state index contributed by atoms with van der Waals surface area (Å²) in [6.07, 6.45) is 0.434. The minimum atomic E-state index is -0.821. The third-order valence-electron chi connectivity index (χ3n) is 3.66. The van der Waals surface area contributed by atoms with Gasteiger partial charge in [-0.25, -0.2) is 0 Å². The van der Waals surface area contributed by atoms with Crippen molar-refractivity contribution in [2.24, 2.45) is 0 Å². The van der Waals surface area contributed by atoms with Crippen molar-refractivity contribution in [1.82, 2.24) is 0 Å². The van der Waals surface area contributed by atoms with E-state index in [9.17, 15) is 9.90 Å². The Bertz CT molecular complexity index is 652. The first kappa shape index (κ1) is 15.9. The molecule has 116 valence electrons. The zero-order valence-electron chi connectivity index (χ0n) is 13.1. The molecule has 0 saturated heterocycles. The van der Waals surface area contributed by atoms with Crippen LogP contribution >= 0.6 is 0 Å². The van der Waals surface area contributed by atoms with Gasteiger partial charge in [0.25, 0.3) is 0 Å². The molecule has 4 nitrogen and oxygen atoms in total. The molecule has 1 unspecified atom stereocenters. The third kappa shape index (κ3) is 3.79. The fraction of sp³-hybridized carbons (Fsp3) is 0.278.